The predicted molar refractivity (Wildman–Crippen MR) is 109 cm³/mol. The molecule has 0 aromatic heterocycles. The summed E-state index contributed by atoms with van der Waals surface area (Å²) in [6.07, 6.45) is 0. The van der Waals surface area contributed by atoms with E-state index in [4.69, 9.17) is 40.2 Å². The molecular weight excluding hydrogens is 377 g/mol. The number of quaternary nitrogens is 1. The van der Waals surface area contributed by atoms with Crippen LogP contribution in [0.2, 0.25) is 10.0 Å². The van der Waals surface area contributed by atoms with Crippen LogP contribution in [0.15, 0.2) is 42.5 Å². The Kier molecular flexibility index (Phi) is 7.32. The number of nitrogens with one attached hydrogen (secondary N) is 3. The lowest BCUT2D eigenvalue weighted by Crippen LogP contribution is -3.07. The molecule has 3 N–H and O–H groups in total. The van der Waals surface area contributed by atoms with Gasteiger partial charge in [0, 0.05) is 5.02 Å². The maximum atomic E-state index is 6.17. The fourth-order valence-electron chi connectivity index (χ4n) is 2.53. The highest BCUT2D eigenvalue weighted by molar-refractivity contribution is 7.80. The summed E-state index contributed by atoms with van der Waals surface area (Å²) >= 11 is 17.5. The van der Waals surface area contributed by atoms with Gasteiger partial charge in [-0.25, -0.2) is 0 Å². The fraction of sp³-hybridized carbons (Fsp3) is 0.278. The SMILES string of the molecule is COc1ccccc1[C@@H](CNC(=S)Nc1ccc(Cl)cc1Cl)[NH+](C)C. The molecule has 134 valence electrons. The van der Waals surface area contributed by atoms with Crippen molar-refractivity contribution in [3.05, 3.63) is 58.1 Å². The molecule has 2 rings (SSSR count). The van der Waals surface area contributed by atoms with E-state index < -0.39 is 0 Å². The van der Waals surface area contributed by atoms with Gasteiger partial charge in [-0.05, 0) is 42.5 Å². The Morgan fingerprint density at radius 2 is 1.92 bits per heavy atom. The van der Waals surface area contributed by atoms with Crippen molar-refractivity contribution in [1.29, 1.82) is 0 Å². The van der Waals surface area contributed by atoms with Gasteiger partial charge in [-0.3, -0.25) is 0 Å². The summed E-state index contributed by atoms with van der Waals surface area (Å²) in [6.45, 7) is 0.653. The standard InChI is InChI=1S/C18H21Cl2N3OS/c1-23(2)16(13-6-4-5-7-17(13)24-3)11-21-18(25)22-15-9-8-12(19)10-14(15)20/h4-10,16H,11H2,1-3H3,(H2,21,22,25)/p+1/t16-/m1/s1. The molecule has 0 aliphatic carbocycles. The highest BCUT2D eigenvalue weighted by atomic mass is 35.5. The number of para-hydroxylation sites is 1. The summed E-state index contributed by atoms with van der Waals surface area (Å²) in [7, 11) is 5.89. The van der Waals surface area contributed by atoms with Crippen molar-refractivity contribution >= 4 is 46.2 Å². The lowest BCUT2D eigenvalue weighted by molar-refractivity contribution is -0.890. The molecule has 7 heteroatoms. The average molecular weight is 399 g/mol. The van der Waals surface area contributed by atoms with Crippen LogP contribution in [0.25, 0.3) is 0 Å². The Morgan fingerprint density at radius 3 is 2.56 bits per heavy atom. The minimum Gasteiger partial charge on any atom is -0.496 e. The maximum Gasteiger partial charge on any atom is 0.171 e. The van der Waals surface area contributed by atoms with E-state index in [9.17, 15) is 0 Å². The number of likely N-dealkylation sites (N-methyl/N-ethyl adjacent to an activating group) is 1. The van der Waals surface area contributed by atoms with E-state index in [-0.39, 0.29) is 6.04 Å². The zero-order chi connectivity index (χ0) is 18.4. The number of hydrogen-bond donors (Lipinski definition) is 3. The van der Waals surface area contributed by atoms with Crippen LogP contribution in [0.4, 0.5) is 5.69 Å². The monoisotopic (exact) mass is 398 g/mol. The van der Waals surface area contributed by atoms with Gasteiger partial charge in [-0.15, -0.1) is 0 Å². The summed E-state index contributed by atoms with van der Waals surface area (Å²) in [5.41, 5.74) is 1.85. The third-order valence-corrected chi connectivity index (χ3v) is 4.65. The van der Waals surface area contributed by atoms with E-state index in [1.165, 1.54) is 4.90 Å². The number of anilines is 1. The van der Waals surface area contributed by atoms with Crippen LogP contribution in [-0.2, 0) is 0 Å². The summed E-state index contributed by atoms with van der Waals surface area (Å²) in [5.74, 6) is 0.870. The van der Waals surface area contributed by atoms with Crippen molar-refractivity contribution in [3.8, 4) is 5.75 Å². The highest BCUT2D eigenvalue weighted by Crippen LogP contribution is 2.25. The van der Waals surface area contributed by atoms with Gasteiger partial charge in [0.05, 0.1) is 44.0 Å². The molecule has 0 aliphatic rings. The van der Waals surface area contributed by atoms with Gasteiger partial charge in [0.2, 0.25) is 0 Å². The molecule has 0 saturated heterocycles. The van der Waals surface area contributed by atoms with Crippen LogP contribution in [0.5, 0.6) is 5.75 Å². The first-order valence-corrected chi connectivity index (χ1v) is 9.01. The van der Waals surface area contributed by atoms with E-state index in [0.717, 1.165) is 17.0 Å². The first-order chi connectivity index (χ1) is 11.9. The van der Waals surface area contributed by atoms with Gasteiger partial charge in [0.15, 0.2) is 5.11 Å². The quantitative estimate of drug-likeness (QED) is 0.653. The average Bonchev–Trinajstić information content (AvgIpc) is 2.57. The smallest absolute Gasteiger partial charge is 0.171 e. The topological polar surface area (TPSA) is 37.7 Å². The number of benzene rings is 2. The summed E-state index contributed by atoms with van der Waals surface area (Å²) < 4.78 is 5.49. The second-order valence-electron chi connectivity index (χ2n) is 5.83. The Labute approximate surface area is 164 Å². The first-order valence-electron chi connectivity index (χ1n) is 7.85. The minimum absolute atomic E-state index is 0.177. The molecule has 0 radical (unpaired) electrons. The van der Waals surface area contributed by atoms with E-state index in [1.54, 1.807) is 25.3 Å². The predicted octanol–water partition coefficient (Wildman–Crippen LogP) is 3.17. The number of hydrogen-bond acceptors (Lipinski definition) is 2. The van der Waals surface area contributed by atoms with Crippen LogP contribution in [-0.4, -0.2) is 32.9 Å². The molecular formula is C18H22Cl2N3OS+. The Balaban J connectivity index is 2.04. The van der Waals surface area contributed by atoms with Crippen LogP contribution < -0.4 is 20.3 Å². The molecule has 0 aliphatic heterocycles. The Morgan fingerprint density at radius 1 is 1.20 bits per heavy atom. The number of thiocarbonyl (C=S) groups is 1. The van der Waals surface area contributed by atoms with E-state index in [1.807, 2.05) is 18.2 Å². The van der Waals surface area contributed by atoms with Crippen LogP contribution in [0.1, 0.15) is 11.6 Å². The lowest BCUT2D eigenvalue weighted by atomic mass is 10.0. The van der Waals surface area contributed by atoms with Gasteiger partial charge < -0.3 is 20.3 Å². The van der Waals surface area contributed by atoms with Gasteiger partial charge in [0.25, 0.3) is 0 Å². The van der Waals surface area contributed by atoms with E-state index >= 15 is 0 Å². The molecule has 0 heterocycles. The van der Waals surface area contributed by atoms with Crippen LogP contribution in [0, 0.1) is 0 Å². The van der Waals surface area contributed by atoms with Gasteiger partial charge >= 0.3 is 0 Å². The second-order valence-corrected chi connectivity index (χ2v) is 7.08. The number of halogens is 2. The van der Waals surface area contributed by atoms with Gasteiger partial charge in [-0.1, -0.05) is 35.3 Å². The maximum absolute atomic E-state index is 6.17. The third-order valence-electron chi connectivity index (χ3n) is 3.86. The molecule has 0 saturated carbocycles. The number of rotatable bonds is 6. The van der Waals surface area contributed by atoms with Crippen molar-refractivity contribution in [3.63, 3.8) is 0 Å². The molecule has 0 bridgehead atoms. The summed E-state index contributed by atoms with van der Waals surface area (Å²) in [6, 6.07) is 13.4. The minimum atomic E-state index is 0.177. The third kappa shape index (κ3) is 5.47. The number of ether oxygens (including phenoxy) is 1. The van der Waals surface area contributed by atoms with Crippen LogP contribution in [0.3, 0.4) is 0 Å². The Bertz CT molecular complexity index is 740. The van der Waals surface area contributed by atoms with Crippen molar-refractivity contribution in [1.82, 2.24) is 5.32 Å². The molecule has 2 aromatic rings. The largest absolute Gasteiger partial charge is 0.496 e. The molecule has 4 nitrogen and oxygen atoms in total. The summed E-state index contributed by atoms with van der Waals surface area (Å²) in [4.78, 5) is 1.27. The van der Waals surface area contributed by atoms with E-state index in [2.05, 4.69) is 30.8 Å². The molecule has 0 fully saturated rings. The first kappa shape index (κ1) is 19.8. The van der Waals surface area contributed by atoms with Crippen molar-refractivity contribution < 1.29 is 9.64 Å². The van der Waals surface area contributed by atoms with Crippen molar-refractivity contribution in [2.75, 3.05) is 33.1 Å². The molecule has 1 atom stereocenters. The van der Waals surface area contributed by atoms with Gasteiger partial charge in [-0.2, -0.15) is 0 Å². The molecule has 0 unspecified atom stereocenters. The molecule has 0 spiro atoms. The Hall–Kier alpha value is -1.53. The lowest BCUT2D eigenvalue weighted by Gasteiger charge is -2.24. The molecule has 2 aromatic carbocycles. The normalized spacial score (nSPS) is 11.9. The van der Waals surface area contributed by atoms with Crippen molar-refractivity contribution in [2.45, 2.75) is 6.04 Å². The van der Waals surface area contributed by atoms with Gasteiger partial charge in [0.1, 0.15) is 11.8 Å². The zero-order valence-corrected chi connectivity index (χ0v) is 16.7. The number of methoxy groups -OCH3 is 1. The summed E-state index contributed by atoms with van der Waals surface area (Å²) in [5, 5.41) is 7.97. The molecule has 25 heavy (non-hydrogen) atoms. The van der Waals surface area contributed by atoms with E-state index in [0.29, 0.717) is 21.7 Å². The highest BCUT2D eigenvalue weighted by Gasteiger charge is 2.21. The van der Waals surface area contributed by atoms with Crippen LogP contribution >= 0.6 is 35.4 Å². The fourth-order valence-corrected chi connectivity index (χ4v) is 3.18. The second kappa shape index (κ2) is 9.25. The van der Waals surface area contributed by atoms with Crippen molar-refractivity contribution in [2.24, 2.45) is 0 Å². The molecule has 0 amide bonds. The zero-order valence-electron chi connectivity index (χ0n) is 14.4.